The molecule has 1 aromatic rings. The number of nitrogens with one attached hydrogen (secondary N) is 1. The topological polar surface area (TPSA) is 46.2 Å². The molecule has 1 aliphatic rings. The summed E-state index contributed by atoms with van der Waals surface area (Å²) in [7, 11) is -2.84. The van der Waals surface area contributed by atoms with E-state index in [4.69, 9.17) is 11.6 Å². The molecule has 88 valence electrons. The first-order chi connectivity index (χ1) is 7.46. The van der Waals surface area contributed by atoms with Gasteiger partial charge in [-0.25, -0.2) is 8.42 Å². The maximum absolute atomic E-state index is 11.3. The predicted octanol–water partition coefficient (Wildman–Crippen LogP) is 2.70. The highest BCUT2D eigenvalue weighted by atomic mass is 79.9. The van der Waals surface area contributed by atoms with Crippen LogP contribution in [0.5, 0.6) is 0 Å². The van der Waals surface area contributed by atoms with Gasteiger partial charge in [-0.3, -0.25) is 0 Å². The monoisotopic (exact) mass is 323 g/mol. The minimum Gasteiger partial charge on any atom is -0.381 e. The van der Waals surface area contributed by atoms with E-state index >= 15 is 0 Å². The van der Waals surface area contributed by atoms with Crippen molar-refractivity contribution in [2.45, 2.75) is 12.5 Å². The summed E-state index contributed by atoms with van der Waals surface area (Å²) < 4.78 is 23.4. The van der Waals surface area contributed by atoms with Gasteiger partial charge in [-0.1, -0.05) is 11.6 Å². The van der Waals surface area contributed by atoms with Gasteiger partial charge in [0.2, 0.25) is 0 Å². The number of hydrogen-bond donors (Lipinski definition) is 1. The molecule has 6 heteroatoms. The van der Waals surface area contributed by atoms with Crippen molar-refractivity contribution in [3.63, 3.8) is 0 Å². The second-order valence-corrected chi connectivity index (χ2v) is 7.36. The van der Waals surface area contributed by atoms with Crippen LogP contribution in [0.25, 0.3) is 0 Å². The van der Waals surface area contributed by atoms with Crippen LogP contribution in [0.3, 0.4) is 0 Å². The minimum absolute atomic E-state index is 0.00208. The number of rotatable bonds is 2. The van der Waals surface area contributed by atoms with Crippen LogP contribution in [0.1, 0.15) is 6.42 Å². The molecule has 0 bridgehead atoms. The van der Waals surface area contributed by atoms with E-state index in [1.165, 1.54) is 0 Å². The molecule has 1 N–H and O–H groups in total. The van der Waals surface area contributed by atoms with Gasteiger partial charge in [0.15, 0.2) is 9.84 Å². The van der Waals surface area contributed by atoms with Crippen LogP contribution in [0.15, 0.2) is 22.7 Å². The SMILES string of the molecule is O=S1(=O)CCC(Nc2ccc(Br)c(Cl)c2)C1. The van der Waals surface area contributed by atoms with Crippen LogP contribution < -0.4 is 5.32 Å². The highest BCUT2D eigenvalue weighted by Crippen LogP contribution is 2.26. The molecule has 3 nitrogen and oxygen atoms in total. The number of halogens is 2. The lowest BCUT2D eigenvalue weighted by atomic mass is 10.2. The van der Waals surface area contributed by atoms with Crippen molar-refractivity contribution in [2.75, 3.05) is 16.8 Å². The lowest BCUT2D eigenvalue weighted by Crippen LogP contribution is -2.20. The lowest BCUT2D eigenvalue weighted by molar-refractivity contribution is 0.602. The average Bonchev–Trinajstić information content (AvgIpc) is 2.52. The molecule has 1 saturated heterocycles. The van der Waals surface area contributed by atoms with Gasteiger partial charge in [-0.2, -0.15) is 0 Å². The minimum atomic E-state index is -2.84. The first-order valence-corrected chi connectivity index (χ1v) is 7.87. The van der Waals surface area contributed by atoms with E-state index in [9.17, 15) is 8.42 Å². The number of anilines is 1. The van der Waals surface area contributed by atoms with Gasteiger partial charge >= 0.3 is 0 Å². The van der Waals surface area contributed by atoms with E-state index < -0.39 is 9.84 Å². The Kier molecular flexibility index (Phi) is 3.47. The third-order valence-electron chi connectivity index (χ3n) is 2.52. The van der Waals surface area contributed by atoms with Crippen molar-refractivity contribution in [2.24, 2.45) is 0 Å². The lowest BCUT2D eigenvalue weighted by Gasteiger charge is -2.12. The summed E-state index contributed by atoms with van der Waals surface area (Å²) in [4.78, 5) is 0. The molecule has 1 unspecified atom stereocenters. The normalized spacial score (nSPS) is 23.2. The fourth-order valence-electron chi connectivity index (χ4n) is 1.73. The third kappa shape index (κ3) is 2.90. The molecule has 1 heterocycles. The molecule has 1 atom stereocenters. The summed E-state index contributed by atoms with van der Waals surface area (Å²) >= 11 is 9.25. The van der Waals surface area contributed by atoms with Crippen LogP contribution in [0.4, 0.5) is 5.69 Å². The molecule has 1 aromatic carbocycles. The smallest absolute Gasteiger partial charge is 0.152 e. The van der Waals surface area contributed by atoms with Crippen LogP contribution in [-0.4, -0.2) is 26.0 Å². The van der Waals surface area contributed by atoms with Crippen molar-refractivity contribution in [1.82, 2.24) is 0 Å². The van der Waals surface area contributed by atoms with Crippen LogP contribution in [0.2, 0.25) is 5.02 Å². The van der Waals surface area contributed by atoms with Crippen LogP contribution in [-0.2, 0) is 9.84 Å². The van der Waals surface area contributed by atoms with E-state index in [-0.39, 0.29) is 17.5 Å². The zero-order valence-corrected chi connectivity index (χ0v) is 11.6. The Morgan fingerprint density at radius 2 is 2.19 bits per heavy atom. The van der Waals surface area contributed by atoms with Crippen molar-refractivity contribution >= 4 is 43.1 Å². The van der Waals surface area contributed by atoms with Gasteiger partial charge < -0.3 is 5.32 Å². The Labute approximate surface area is 108 Å². The molecule has 0 aromatic heterocycles. The summed E-state index contributed by atoms with van der Waals surface area (Å²) in [6, 6.07) is 5.51. The standard InChI is InChI=1S/C10H11BrClNO2S/c11-9-2-1-7(5-10(9)12)13-8-3-4-16(14,15)6-8/h1-2,5,8,13H,3-4,6H2. The van der Waals surface area contributed by atoms with Crippen LogP contribution >= 0.6 is 27.5 Å². The number of hydrogen-bond acceptors (Lipinski definition) is 3. The maximum Gasteiger partial charge on any atom is 0.152 e. The molecule has 0 spiro atoms. The molecule has 0 saturated carbocycles. The van der Waals surface area contributed by atoms with E-state index in [1.54, 1.807) is 6.07 Å². The fourth-order valence-corrected chi connectivity index (χ4v) is 3.83. The summed E-state index contributed by atoms with van der Waals surface area (Å²) in [6.45, 7) is 0. The van der Waals surface area contributed by atoms with E-state index in [0.29, 0.717) is 11.4 Å². The van der Waals surface area contributed by atoms with Gasteiger partial charge in [0.05, 0.1) is 16.5 Å². The Morgan fingerprint density at radius 3 is 2.75 bits per heavy atom. The fraction of sp³-hybridized carbons (Fsp3) is 0.400. The van der Waals surface area contributed by atoms with E-state index in [2.05, 4.69) is 21.2 Å². The zero-order valence-electron chi connectivity index (χ0n) is 8.41. The van der Waals surface area contributed by atoms with Gasteiger partial charge in [-0.05, 0) is 40.5 Å². The summed E-state index contributed by atoms with van der Waals surface area (Å²) in [5.74, 6) is 0.482. The van der Waals surface area contributed by atoms with Crippen molar-refractivity contribution in [1.29, 1.82) is 0 Å². The first kappa shape index (κ1) is 12.2. The van der Waals surface area contributed by atoms with Crippen LogP contribution in [0, 0.1) is 0 Å². The predicted molar refractivity (Wildman–Crippen MR) is 69.8 cm³/mol. The maximum atomic E-state index is 11.3. The largest absolute Gasteiger partial charge is 0.381 e. The molecule has 0 amide bonds. The summed E-state index contributed by atoms with van der Waals surface area (Å²) in [5, 5.41) is 3.80. The third-order valence-corrected chi connectivity index (χ3v) is 5.52. The van der Waals surface area contributed by atoms with Gasteiger partial charge in [0, 0.05) is 16.2 Å². The molecule has 1 aliphatic heterocycles. The second-order valence-electron chi connectivity index (χ2n) is 3.87. The molecule has 1 fully saturated rings. The van der Waals surface area contributed by atoms with E-state index in [0.717, 1.165) is 10.2 Å². The number of benzene rings is 1. The zero-order chi connectivity index (χ0) is 11.8. The Morgan fingerprint density at radius 1 is 1.44 bits per heavy atom. The Bertz CT molecular complexity index is 504. The Balaban J connectivity index is 2.08. The molecule has 16 heavy (non-hydrogen) atoms. The molecule has 0 radical (unpaired) electrons. The quantitative estimate of drug-likeness (QED) is 0.910. The van der Waals surface area contributed by atoms with Gasteiger partial charge in [-0.15, -0.1) is 0 Å². The molecule has 0 aliphatic carbocycles. The molecular weight excluding hydrogens is 314 g/mol. The average molecular weight is 325 g/mol. The first-order valence-electron chi connectivity index (χ1n) is 4.88. The van der Waals surface area contributed by atoms with Gasteiger partial charge in [0.25, 0.3) is 0 Å². The molecule has 2 rings (SSSR count). The summed E-state index contributed by atoms with van der Waals surface area (Å²) in [6.07, 6.45) is 0.663. The second kappa shape index (κ2) is 4.55. The molecular formula is C10H11BrClNO2S. The number of sulfone groups is 1. The van der Waals surface area contributed by atoms with Gasteiger partial charge in [0.1, 0.15) is 0 Å². The highest BCUT2D eigenvalue weighted by Gasteiger charge is 2.27. The summed E-state index contributed by atoms with van der Waals surface area (Å²) in [5.41, 5.74) is 0.857. The van der Waals surface area contributed by atoms with Crippen molar-refractivity contribution in [3.05, 3.63) is 27.7 Å². The van der Waals surface area contributed by atoms with Crippen molar-refractivity contribution in [3.8, 4) is 0 Å². The Hall–Kier alpha value is -0.260. The van der Waals surface area contributed by atoms with E-state index in [1.807, 2.05) is 12.1 Å². The van der Waals surface area contributed by atoms with Crippen molar-refractivity contribution < 1.29 is 8.42 Å². The highest BCUT2D eigenvalue weighted by molar-refractivity contribution is 9.10.